The van der Waals surface area contributed by atoms with Crippen LogP contribution in [0.5, 0.6) is 0 Å². The smallest absolute Gasteiger partial charge is 0.134 e. The van der Waals surface area contributed by atoms with E-state index in [1.165, 1.54) is 19.3 Å². The van der Waals surface area contributed by atoms with Crippen LogP contribution in [0.2, 0.25) is 0 Å². The van der Waals surface area contributed by atoms with Crippen molar-refractivity contribution >= 4 is 17.6 Å². The van der Waals surface area contributed by atoms with Crippen LogP contribution in [0.3, 0.4) is 0 Å². The minimum absolute atomic E-state index is 0.373. The Hall–Kier alpha value is -0.770. The van der Waals surface area contributed by atoms with E-state index in [0.29, 0.717) is 5.92 Å². The van der Waals surface area contributed by atoms with Gasteiger partial charge < -0.3 is 5.32 Å². The summed E-state index contributed by atoms with van der Waals surface area (Å²) in [6, 6.07) is 2.08. The molecule has 0 radical (unpaired) electrons. The summed E-state index contributed by atoms with van der Waals surface area (Å²) >= 11 is 1.85. The van der Waals surface area contributed by atoms with Gasteiger partial charge in [-0.15, -0.1) is 11.8 Å². The zero-order chi connectivity index (χ0) is 14.1. The molecule has 0 spiro atoms. The predicted octanol–water partition coefficient (Wildman–Crippen LogP) is 4.70. The Morgan fingerprint density at radius 1 is 1.16 bits per heavy atom. The predicted molar refractivity (Wildman–Crippen MR) is 85.2 cm³/mol. The van der Waals surface area contributed by atoms with Gasteiger partial charge in [0.2, 0.25) is 0 Å². The van der Waals surface area contributed by atoms with Crippen molar-refractivity contribution < 1.29 is 0 Å². The number of hydrogen-bond acceptors (Lipinski definition) is 4. The number of nitrogens with zero attached hydrogens (tertiary/aromatic N) is 2. The van der Waals surface area contributed by atoms with Crippen LogP contribution in [0.25, 0.3) is 0 Å². The maximum Gasteiger partial charge on any atom is 0.134 e. The third-order valence-corrected chi connectivity index (χ3v) is 3.79. The van der Waals surface area contributed by atoms with Crippen molar-refractivity contribution in [2.75, 3.05) is 17.6 Å². The third-order valence-electron chi connectivity index (χ3n) is 2.79. The van der Waals surface area contributed by atoms with Crippen molar-refractivity contribution in [1.29, 1.82) is 0 Å². The molecule has 1 heterocycles. The molecule has 0 fully saturated rings. The van der Waals surface area contributed by atoms with E-state index >= 15 is 0 Å². The molecular formula is C15H27N3S. The lowest BCUT2D eigenvalue weighted by Crippen LogP contribution is -2.06. The number of hydrogen-bond donors (Lipinski definition) is 1. The molecule has 0 saturated heterocycles. The Bertz CT molecular complexity index is 366. The van der Waals surface area contributed by atoms with Crippen LogP contribution in [0.1, 0.15) is 65.1 Å². The molecule has 0 aliphatic rings. The van der Waals surface area contributed by atoms with Crippen LogP contribution in [-0.2, 0) is 0 Å². The van der Waals surface area contributed by atoms with Crippen molar-refractivity contribution in [3.8, 4) is 0 Å². The first-order chi connectivity index (χ1) is 9.17. The molecule has 1 aromatic heterocycles. The summed E-state index contributed by atoms with van der Waals surface area (Å²) in [7, 11) is 0. The third kappa shape index (κ3) is 6.28. The molecule has 1 rings (SSSR count). The van der Waals surface area contributed by atoms with Crippen LogP contribution in [0.4, 0.5) is 5.82 Å². The Morgan fingerprint density at radius 3 is 2.58 bits per heavy atom. The van der Waals surface area contributed by atoms with Crippen LogP contribution in [0.15, 0.2) is 11.1 Å². The van der Waals surface area contributed by atoms with Crippen molar-refractivity contribution in [2.24, 2.45) is 0 Å². The fraction of sp³-hybridized carbons (Fsp3) is 0.733. The molecule has 19 heavy (non-hydrogen) atoms. The monoisotopic (exact) mass is 281 g/mol. The SMILES string of the molecule is CCCCCSc1cc(NCCC)nc(C(C)C)n1. The van der Waals surface area contributed by atoms with Crippen molar-refractivity contribution in [3.05, 3.63) is 11.9 Å². The van der Waals surface area contributed by atoms with E-state index < -0.39 is 0 Å². The summed E-state index contributed by atoms with van der Waals surface area (Å²) in [6.07, 6.45) is 4.95. The minimum atomic E-state index is 0.373. The van der Waals surface area contributed by atoms with Crippen molar-refractivity contribution in [1.82, 2.24) is 9.97 Å². The zero-order valence-electron chi connectivity index (χ0n) is 12.7. The highest BCUT2D eigenvalue weighted by molar-refractivity contribution is 7.99. The molecule has 0 saturated carbocycles. The summed E-state index contributed by atoms with van der Waals surface area (Å²) in [4.78, 5) is 9.23. The largest absolute Gasteiger partial charge is 0.370 e. The second-order valence-electron chi connectivity index (χ2n) is 5.09. The molecule has 0 unspecified atom stereocenters. The average Bonchev–Trinajstić information content (AvgIpc) is 2.41. The van der Waals surface area contributed by atoms with E-state index in [-0.39, 0.29) is 0 Å². The number of unbranched alkanes of at least 4 members (excludes halogenated alkanes) is 2. The van der Waals surface area contributed by atoms with E-state index in [0.717, 1.165) is 35.4 Å². The molecular weight excluding hydrogens is 254 g/mol. The fourth-order valence-corrected chi connectivity index (χ4v) is 2.56. The number of thioether (sulfide) groups is 1. The van der Waals surface area contributed by atoms with Crippen LogP contribution >= 0.6 is 11.8 Å². The minimum Gasteiger partial charge on any atom is -0.370 e. The van der Waals surface area contributed by atoms with E-state index in [2.05, 4.69) is 49.0 Å². The van der Waals surface area contributed by atoms with Gasteiger partial charge in [0, 0.05) is 18.5 Å². The second kappa shape index (κ2) is 9.18. The summed E-state index contributed by atoms with van der Waals surface area (Å²) in [5.74, 6) is 3.44. The highest BCUT2D eigenvalue weighted by Gasteiger charge is 2.08. The molecule has 0 aromatic carbocycles. The van der Waals surface area contributed by atoms with Gasteiger partial charge in [0.15, 0.2) is 0 Å². The van der Waals surface area contributed by atoms with Gasteiger partial charge in [-0.05, 0) is 18.6 Å². The molecule has 4 heteroatoms. The van der Waals surface area contributed by atoms with Gasteiger partial charge in [-0.25, -0.2) is 9.97 Å². The Morgan fingerprint density at radius 2 is 1.95 bits per heavy atom. The first kappa shape index (κ1) is 16.3. The summed E-state index contributed by atoms with van der Waals surface area (Å²) in [6.45, 7) is 9.65. The molecule has 0 atom stereocenters. The van der Waals surface area contributed by atoms with Crippen LogP contribution in [-0.4, -0.2) is 22.3 Å². The summed E-state index contributed by atoms with van der Waals surface area (Å²) in [5, 5.41) is 4.47. The van der Waals surface area contributed by atoms with E-state index in [1.54, 1.807) is 0 Å². The lowest BCUT2D eigenvalue weighted by molar-refractivity contribution is 0.751. The molecule has 0 aliphatic heterocycles. The van der Waals surface area contributed by atoms with Crippen LogP contribution in [0, 0.1) is 0 Å². The number of aromatic nitrogens is 2. The standard InChI is InChI=1S/C15H27N3S/c1-5-7-8-10-19-14-11-13(16-9-6-2)17-15(18-14)12(3)4/h11-12H,5-10H2,1-4H3,(H,16,17,18). The number of anilines is 1. The first-order valence-corrected chi connectivity index (χ1v) is 8.41. The van der Waals surface area contributed by atoms with E-state index in [1.807, 2.05) is 11.8 Å². The highest BCUT2D eigenvalue weighted by Crippen LogP contribution is 2.22. The lowest BCUT2D eigenvalue weighted by Gasteiger charge is -2.11. The number of nitrogens with one attached hydrogen (secondary N) is 1. The Labute approximate surface area is 122 Å². The van der Waals surface area contributed by atoms with Gasteiger partial charge in [-0.3, -0.25) is 0 Å². The maximum absolute atomic E-state index is 4.65. The van der Waals surface area contributed by atoms with Crippen molar-refractivity contribution in [3.63, 3.8) is 0 Å². The molecule has 1 aromatic rings. The van der Waals surface area contributed by atoms with Gasteiger partial charge >= 0.3 is 0 Å². The molecule has 1 N–H and O–H groups in total. The topological polar surface area (TPSA) is 37.8 Å². The zero-order valence-corrected chi connectivity index (χ0v) is 13.5. The Balaban J connectivity index is 2.69. The van der Waals surface area contributed by atoms with Gasteiger partial charge in [0.05, 0.1) is 0 Å². The van der Waals surface area contributed by atoms with Crippen LogP contribution < -0.4 is 5.32 Å². The van der Waals surface area contributed by atoms with Crippen molar-refractivity contribution in [2.45, 2.75) is 64.3 Å². The maximum atomic E-state index is 4.65. The molecule has 3 nitrogen and oxygen atoms in total. The quantitative estimate of drug-likeness (QED) is 0.404. The molecule has 108 valence electrons. The summed E-state index contributed by atoms with van der Waals surface area (Å²) in [5.41, 5.74) is 0. The molecule has 0 aliphatic carbocycles. The fourth-order valence-electron chi connectivity index (χ4n) is 1.65. The highest BCUT2D eigenvalue weighted by atomic mass is 32.2. The lowest BCUT2D eigenvalue weighted by atomic mass is 10.2. The number of rotatable bonds is 9. The van der Waals surface area contributed by atoms with E-state index in [9.17, 15) is 0 Å². The van der Waals surface area contributed by atoms with Gasteiger partial charge in [0.25, 0.3) is 0 Å². The summed E-state index contributed by atoms with van der Waals surface area (Å²) < 4.78 is 0. The second-order valence-corrected chi connectivity index (χ2v) is 6.20. The molecule has 0 amide bonds. The Kier molecular flexibility index (Phi) is 7.87. The van der Waals surface area contributed by atoms with Gasteiger partial charge in [-0.2, -0.15) is 0 Å². The first-order valence-electron chi connectivity index (χ1n) is 7.43. The van der Waals surface area contributed by atoms with Gasteiger partial charge in [-0.1, -0.05) is 40.5 Å². The average molecular weight is 281 g/mol. The molecule has 0 bridgehead atoms. The van der Waals surface area contributed by atoms with Gasteiger partial charge in [0.1, 0.15) is 16.7 Å². The normalized spacial score (nSPS) is 11.0. The van der Waals surface area contributed by atoms with E-state index in [4.69, 9.17) is 0 Å².